The van der Waals surface area contributed by atoms with E-state index in [1.165, 1.54) is 25.7 Å². The molecule has 0 saturated heterocycles. The van der Waals surface area contributed by atoms with Gasteiger partial charge in [0.2, 0.25) is 0 Å². The molecule has 88 valence electrons. The number of hydrogen-bond donors (Lipinski definition) is 1. The molecule has 3 unspecified atom stereocenters. The van der Waals surface area contributed by atoms with E-state index in [0.717, 1.165) is 27.6 Å². The lowest BCUT2D eigenvalue weighted by molar-refractivity contribution is 0.439. The van der Waals surface area contributed by atoms with Crippen LogP contribution >= 0.6 is 15.9 Å². The van der Waals surface area contributed by atoms with Crippen molar-refractivity contribution in [2.24, 2.45) is 11.8 Å². The third-order valence-corrected chi connectivity index (χ3v) is 4.67. The molecule has 2 saturated carbocycles. The Kier molecular flexibility index (Phi) is 2.84. The number of halogens is 1. The number of nitriles is 1. The Labute approximate surface area is 110 Å². The van der Waals surface area contributed by atoms with Crippen LogP contribution in [-0.2, 0) is 0 Å². The summed E-state index contributed by atoms with van der Waals surface area (Å²) in [4.78, 5) is 0. The van der Waals surface area contributed by atoms with E-state index in [9.17, 15) is 0 Å². The molecule has 3 heteroatoms. The Morgan fingerprint density at radius 2 is 2.18 bits per heavy atom. The van der Waals surface area contributed by atoms with Crippen molar-refractivity contribution in [3.05, 3.63) is 28.2 Å². The maximum atomic E-state index is 9.11. The molecule has 0 radical (unpaired) electrons. The number of rotatable bonds is 2. The second-order valence-corrected chi connectivity index (χ2v) is 6.14. The van der Waals surface area contributed by atoms with E-state index in [4.69, 9.17) is 5.26 Å². The van der Waals surface area contributed by atoms with Gasteiger partial charge in [0.25, 0.3) is 0 Å². The summed E-state index contributed by atoms with van der Waals surface area (Å²) in [6.45, 7) is 0. The minimum Gasteiger partial charge on any atom is -0.381 e. The van der Waals surface area contributed by atoms with Crippen LogP contribution in [0.15, 0.2) is 22.7 Å². The summed E-state index contributed by atoms with van der Waals surface area (Å²) >= 11 is 3.47. The molecule has 2 fully saturated rings. The molecule has 3 rings (SSSR count). The summed E-state index contributed by atoms with van der Waals surface area (Å²) in [6, 6.07) is 8.65. The monoisotopic (exact) mass is 290 g/mol. The van der Waals surface area contributed by atoms with Gasteiger partial charge < -0.3 is 5.32 Å². The Balaban J connectivity index is 1.81. The van der Waals surface area contributed by atoms with Gasteiger partial charge in [-0.05, 0) is 49.3 Å². The third kappa shape index (κ3) is 2.07. The highest BCUT2D eigenvalue weighted by atomic mass is 79.9. The fraction of sp³-hybridized carbons (Fsp3) is 0.500. The van der Waals surface area contributed by atoms with Crippen molar-refractivity contribution in [2.75, 3.05) is 5.32 Å². The number of anilines is 1. The maximum absolute atomic E-state index is 9.11. The van der Waals surface area contributed by atoms with Gasteiger partial charge in [0.15, 0.2) is 0 Å². The molecule has 0 heterocycles. The van der Waals surface area contributed by atoms with E-state index in [0.29, 0.717) is 6.04 Å². The molecule has 1 N–H and O–H groups in total. The highest BCUT2D eigenvalue weighted by Gasteiger charge is 2.39. The second kappa shape index (κ2) is 4.34. The van der Waals surface area contributed by atoms with Crippen molar-refractivity contribution in [3.63, 3.8) is 0 Å². The molecule has 17 heavy (non-hydrogen) atoms. The van der Waals surface area contributed by atoms with Crippen LogP contribution in [0.3, 0.4) is 0 Å². The predicted octanol–water partition coefficient (Wildman–Crippen LogP) is 3.92. The number of hydrogen-bond acceptors (Lipinski definition) is 2. The van der Waals surface area contributed by atoms with Crippen LogP contribution in [0.25, 0.3) is 0 Å². The molecule has 0 amide bonds. The van der Waals surface area contributed by atoms with Gasteiger partial charge in [-0.1, -0.05) is 22.4 Å². The van der Waals surface area contributed by atoms with Gasteiger partial charge in [-0.25, -0.2) is 0 Å². The minimum atomic E-state index is 0.579. The topological polar surface area (TPSA) is 35.8 Å². The normalized spacial score (nSPS) is 30.2. The van der Waals surface area contributed by atoms with Crippen LogP contribution in [0, 0.1) is 23.2 Å². The molecule has 2 nitrogen and oxygen atoms in total. The molecule has 2 aliphatic carbocycles. The summed E-state index contributed by atoms with van der Waals surface area (Å²) in [5.41, 5.74) is 1.73. The summed E-state index contributed by atoms with van der Waals surface area (Å²) in [5, 5.41) is 12.7. The van der Waals surface area contributed by atoms with E-state index in [1.807, 2.05) is 18.2 Å². The Bertz CT molecular complexity index is 478. The smallest absolute Gasteiger partial charge is 0.101 e. The van der Waals surface area contributed by atoms with E-state index in [1.54, 1.807) is 0 Å². The highest BCUT2D eigenvalue weighted by molar-refractivity contribution is 9.10. The fourth-order valence-electron chi connectivity index (χ4n) is 3.35. The quantitative estimate of drug-likeness (QED) is 0.896. The van der Waals surface area contributed by atoms with Crippen LogP contribution in [0.1, 0.15) is 31.2 Å². The van der Waals surface area contributed by atoms with E-state index < -0.39 is 0 Å². The third-order valence-electron chi connectivity index (χ3n) is 4.18. The molecule has 2 aliphatic rings. The zero-order valence-electron chi connectivity index (χ0n) is 9.62. The molecular weight excluding hydrogens is 276 g/mol. The van der Waals surface area contributed by atoms with Crippen molar-refractivity contribution in [1.29, 1.82) is 5.26 Å². The van der Waals surface area contributed by atoms with Crippen molar-refractivity contribution in [2.45, 2.75) is 31.7 Å². The van der Waals surface area contributed by atoms with Crippen molar-refractivity contribution >= 4 is 21.6 Å². The van der Waals surface area contributed by atoms with Crippen molar-refractivity contribution in [1.82, 2.24) is 0 Å². The van der Waals surface area contributed by atoms with Gasteiger partial charge in [-0.15, -0.1) is 0 Å². The van der Waals surface area contributed by atoms with Gasteiger partial charge >= 0.3 is 0 Å². The van der Waals surface area contributed by atoms with Crippen LogP contribution < -0.4 is 5.32 Å². The first kappa shape index (κ1) is 11.1. The lowest BCUT2D eigenvalue weighted by atomic mass is 9.95. The molecule has 1 aromatic rings. The van der Waals surface area contributed by atoms with Crippen LogP contribution in [-0.4, -0.2) is 6.04 Å². The molecule has 0 aromatic heterocycles. The van der Waals surface area contributed by atoms with Crippen molar-refractivity contribution in [3.8, 4) is 6.07 Å². The van der Waals surface area contributed by atoms with E-state index in [-0.39, 0.29) is 0 Å². The largest absolute Gasteiger partial charge is 0.381 e. The second-order valence-electron chi connectivity index (χ2n) is 5.23. The number of fused-ring (bicyclic) bond motifs is 2. The van der Waals surface area contributed by atoms with Crippen LogP contribution in [0.2, 0.25) is 0 Å². The molecule has 1 aromatic carbocycles. The average Bonchev–Trinajstić information content (AvgIpc) is 2.91. The Morgan fingerprint density at radius 3 is 2.82 bits per heavy atom. The zero-order chi connectivity index (χ0) is 11.8. The lowest BCUT2D eigenvalue weighted by Gasteiger charge is -2.24. The van der Waals surface area contributed by atoms with Crippen LogP contribution in [0.4, 0.5) is 5.69 Å². The molecular formula is C14H15BrN2. The summed E-state index contributed by atoms with van der Waals surface area (Å²) in [5.74, 6) is 1.75. The average molecular weight is 291 g/mol. The molecule has 2 bridgehead atoms. The van der Waals surface area contributed by atoms with Gasteiger partial charge in [0.1, 0.15) is 6.07 Å². The first-order valence-corrected chi connectivity index (χ1v) is 7.02. The standard InChI is InChI=1S/C14H15BrN2/c15-12-4-3-11(8-16)14(7-12)17-13-6-9-1-2-10(13)5-9/h3-4,7,9-10,13,17H,1-2,5-6H2. The van der Waals surface area contributed by atoms with Gasteiger partial charge in [-0.3, -0.25) is 0 Å². The van der Waals surface area contributed by atoms with E-state index >= 15 is 0 Å². The maximum Gasteiger partial charge on any atom is 0.101 e. The minimum absolute atomic E-state index is 0.579. The van der Waals surface area contributed by atoms with Gasteiger partial charge in [-0.2, -0.15) is 5.26 Å². The SMILES string of the molecule is N#Cc1ccc(Br)cc1NC1CC2CCC1C2. The van der Waals surface area contributed by atoms with Gasteiger partial charge in [0.05, 0.1) is 11.3 Å². The van der Waals surface area contributed by atoms with Crippen molar-refractivity contribution < 1.29 is 0 Å². The molecule has 0 aliphatic heterocycles. The number of benzene rings is 1. The molecule has 3 atom stereocenters. The molecule has 0 spiro atoms. The lowest BCUT2D eigenvalue weighted by Crippen LogP contribution is -2.26. The van der Waals surface area contributed by atoms with Crippen LogP contribution in [0.5, 0.6) is 0 Å². The first-order valence-electron chi connectivity index (χ1n) is 6.22. The fourth-order valence-corrected chi connectivity index (χ4v) is 3.72. The van der Waals surface area contributed by atoms with E-state index in [2.05, 4.69) is 27.3 Å². The zero-order valence-corrected chi connectivity index (χ0v) is 11.2. The first-order chi connectivity index (χ1) is 8.26. The van der Waals surface area contributed by atoms with Gasteiger partial charge in [0, 0.05) is 10.5 Å². The highest BCUT2D eigenvalue weighted by Crippen LogP contribution is 2.45. The summed E-state index contributed by atoms with van der Waals surface area (Å²) in [7, 11) is 0. The Morgan fingerprint density at radius 1 is 1.29 bits per heavy atom. The Hall–Kier alpha value is -1.01. The number of nitrogens with zero attached hydrogens (tertiary/aromatic N) is 1. The summed E-state index contributed by atoms with van der Waals surface area (Å²) < 4.78 is 1.03. The number of nitrogens with one attached hydrogen (secondary N) is 1. The summed E-state index contributed by atoms with van der Waals surface area (Å²) in [6.07, 6.45) is 5.43. The predicted molar refractivity (Wildman–Crippen MR) is 71.7 cm³/mol.